The number of hydrogen-bond donors (Lipinski definition) is 0. The summed E-state index contributed by atoms with van der Waals surface area (Å²) in [6.07, 6.45) is 3.99. The van der Waals surface area contributed by atoms with E-state index in [1.54, 1.807) is 29.1 Å². The Morgan fingerprint density at radius 3 is 3.00 bits per heavy atom. The van der Waals surface area contributed by atoms with E-state index in [-0.39, 0.29) is 5.78 Å². The summed E-state index contributed by atoms with van der Waals surface area (Å²) in [5, 5.41) is 7.62. The van der Waals surface area contributed by atoms with Gasteiger partial charge >= 0.3 is 0 Å². The van der Waals surface area contributed by atoms with E-state index >= 15 is 0 Å². The maximum absolute atomic E-state index is 12.0. The molecule has 0 atom stereocenters. The first-order valence-corrected chi connectivity index (χ1v) is 5.17. The van der Waals surface area contributed by atoms with E-state index in [0.29, 0.717) is 17.9 Å². The van der Waals surface area contributed by atoms with Crippen LogP contribution in [0.15, 0.2) is 30.6 Å². The highest BCUT2D eigenvalue weighted by Crippen LogP contribution is 2.06. The Hall–Kier alpha value is -2.04. The summed E-state index contributed by atoms with van der Waals surface area (Å²) < 4.78 is 1.61. The van der Waals surface area contributed by atoms with Crippen LogP contribution in [0.25, 0.3) is 0 Å². The molecule has 0 fully saturated rings. The van der Waals surface area contributed by atoms with Gasteiger partial charge in [-0.25, -0.2) is 4.68 Å². The van der Waals surface area contributed by atoms with Crippen molar-refractivity contribution in [3.8, 4) is 0 Å². The molecule has 2 heterocycles. The maximum Gasteiger partial charge on any atom is 0.230 e. The third-order valence-corrected chi connectivity index (χ3v) is 2.18. The summed E-state index contributed by atoms with van der Waals surface area (Å²) in [4.78, 5) is 16.1. The molecule has 2 rings (SSSR count). The second-order valence-electron chi connectivity index (χ2n) is 3.39. The normalized spacial score (nSPS) is 10.3. The van der Waals surface area contributed by atoms with E-state index in [4.69, 9.17) is 0 Å². The van der Waals surface area contributed by atoms with Gasteiger partial charge in [0.25, 0.3) is 0 Å². The van der Waals surface area contributed by atoms with Gasteiger partial charge in [0.1, 0.15) is 11.4 Å². The molecule has 0 bridgehead atoms. The smallest absolute Gasteiger partial charge is 0.230 e. The Bertz CT molecular complexity index is 478. The molecule has 0 unspecified atom stereocenters. The highest BCUT2D eigenvalue weighted by atomic mass is 16.1. The van der Waals surface area contributed by atoms with Crippen LogP contribution in [-0.4, -0.2) is 25.8 Å². The first-order valence-electron chi connectivity index (χ1n) is 5.17. The number of carbonyl (C=O) groups is 1. The molecule has 0 aliphatic rings. The van der Waals surface area contributed by atoms with Crippen molar-refractivity contribution >= 4 is 5.78 Å². The zero-order valence-electron chi connectivity index (χ0n) is 9.00. The lowest BCUT2D eigenvalue weighted by Gasteiger charge is -2.02. The summed E-state index contributed by atoms with van der Waals surface area (Å²) in [5.74, 6) is -0.140. The molecule has 0 aliphatic heterocycles. The summed E-state index contributed by atoms with van der Waals surface area (Å²) >= 11 is 0. The Kier molecular flexibility index (Phi) is 3.05. The fourth-order valence-corrected chi connectivity index (χ4v) is 1.44. The molecule has 0 spiro atoms. The molecule has 5 nitrogen and oxygen atoms in total. The second-order valence-corrected chi connectivity index (χ2v) is 3.39. The highest BCUT2D eigenvalue weighted by Gasteiger charge is 2.15. The average molecular weight is 216 g/mol. The summed E-state index contributed by atoms with van der Waals surface area (Å²) in [6.45, 7) is 2.71. The summed E-state index contributed by atoms with van der Waals surface area (Å²) in [6, 6.07) is 5.25. The molecule has 82 valence electrons. The lowest BCUT2D eigenvalue weighted by atomic mass is 10.2. The minimum Gasteiger partial charge on any atom is -0.285 e. The van der Waals surface area contributed by atoms with Gasteiger partial charge in [0.2, 0.25) is 5.78 Å². The third kappa shape index (κ3) is 1.98. The van der Waals surface area contributed by atoms with E-state index in [9.17, 15) is 4.79 Å². The van der Waals surface area contributed by atoms with Crippen LogP contribution in [0.4, 0.5) is 0 Å². The molecule has 0 aliphatic carbocycles. The number of hydrogen-bond acceptors (Lipinski definition) is 4. The molecule has 16 heavy (non-hydrogen) atoms. The first kappa shape index (κ1) is 10.5. The van der Waals surface area contributed by atoms with Gasteiger partial charge in [-0.15, -0.1) is 5.10 Å². The predicted molar refractivity (Wildman–Crippen MR) is 58.0 cm³/mol. The van der Waals surface area contributed by atoms with Crippen molar-refractivity contribution in [2.45, 2.75) is 19.9 Å². The largest absolute Gasteiger partial charge is 0.285 e. The number of ketones is 1. The van der Waals surface area contributed by atoms with Gasteiger partial charge in [0, 0.05) is 12.7 Å². The standard InChI is InChI=1S/C11H12N4O/c1-2-7-15-10(8-13-14-15)11(16)9-5-3-4-6-12-9/h3-6,8H,2,7H2,1H3. The number of aryl methyl sites for hydroxylation is 1. The number of rotatable bonds is 4. The van der Waals surface area contributed by atoms with Crippen LogP contribution in [0.3, 0.4) is 0 Å². The number of nitrogens with zero attached hydrogens (tertiary/aromatic N) is 4. The molecule has 2 aromatic rings. The van der Waals surface area contributed by atoms with Gasteiger partial charge in [-0.05, 0) is 18.6 Å². The number of carbonyl (C=O) groups excluding carboxylic acids is 1. The van der Waals surface area contributed by atoms with Crippen LogP contribution in [0.5, 0.6) is 0 Å². The maximum atomic E-state index is 12.0. The number of pyridine rings is 1. The molecule has 0 saturated heterocycles. The molecule has 2 aromatic heterocycles. The quantitative estimate of drug-likeness (QED) is 0.723. The minimum atomic E-state index is -0.140. The lowest BCUT2D eigenvalue weighted by molar-refractivity contribution is 0.102. The van der Waals surface area contributed by atoms with Gasteiger partial charge < -0.3 is 0 Å². The van der Waals surface area contributed by atoms with E-state index in [2.05, 4.69) is 15.3 Å². The van der Waals surface area contributed by atoms with Crippen LogP contribution in [0.2, 0.25) is 0 Å². The van der Waals surface area contributed by atoms with Gasteiger partial charge in [-0.2, -0.15) is 0 Å². The molecule has 0 aromatic carbocycles. The first-order chi connectivity index (χ1) is 7.83. The third-order valence-electron chi connectivity index (χ3n) is 2.18. The van der Waals surface area contributed by atoms with Gasteiger partial charge in [0.15, 0.2) is 0 Å². The van der Waals surface area contributed by atoms with E-state index in [0.717, 1.165) is 6.42 Å². The van der Waals surface area contributed by atoms with Crippen molar-refractivity contribution in [3.05, 3.63) is 42.0 Å². The lowest BCUT2D eigenvalue weighted by Crippen LogP contribution is -2.12. The van der Waals surface area contributed by atoms with Crippen LogP contribution in [0, 0.1) is 0 Å². The fourth-order valence-electron chi connectivity index (χ4n) is 1.44. The zero-order valence-corrected chi connectivity index (χ0v) is 9.00. The Balaban J connectivity index is 2.31. The van der Waals surface area contributed by atoms with Gasteiger partial charge in [-0.1, -0.05) is 18.2 Å². The average Bonchev–Trinajstić information content (AvgIpc) is 2.78. The molecule has 0 N–H and O–H groups in total. The monoisotopic (exact) mass is 216 g/mol. The Labute approximate surface area is 93.1 Å². The van der Waals surface area contributed by atoms with E-state index in [1.165, 1.54) is 6.20 Å². The van der Waals surface area contributed by atoms with Crippen molar-refractivity contribution in [3.63, 3.8) is 0 Å². The molecular weight excluding hydrogens is 204 g/mol. The van der Waals surface area contributed by atoms with Crippen molar-refractivity contribution in [1.29, 1.82) is 0 Å². The van der Waals surface area contributed by atoms with Crippen molar-refractivity contribution < 1.29 is 4.79 Å². The SMILES string of the molecule is CCCn1nncc1C(=O)c1ccccn1. The van der Waals surface area contributed by atoms with Gasteiger partial charge in [0.05, 0.1) is 6.20 Å². The van der Waals surface area contributed by atoms with E-state index in [1.807, 2.05) is 6.92 Å². The summed E-state index contributed by atoms with van der Waals surface area (Å²) in [7, 11) is 0. The van der Waals surface area contributed by atoms with Crippen LogP contribution in [-0.2, 0) is 6.54 Å². The molecular formula is C11H12N4O. The number of aromatic nitrogens is 4. The Morgan fingerprint density at radius 2 is 2.31 bits per heavy atom. The predicted octanol–water partition coefficient (Wildman–Crippen LogP) is 1.31. The molecule has 5 heteroatoms. The Morgan fingerprint density at radius 1 is 1.44 bits per heavy atom. The fraction of sp³-hybridized carbons (Fsp3) is 0.273. The second kappa shape index (κ2) is 4.65. The molecule has 0 saturated carbocycles. The van der Waals surface area contributed by atoms with Crippen LogP contribution in [0.1, 0.15) is 29.5 Å². The van der Waals surface area contributed by atoms with Crippen molar-refractivity contribution in [1.82, 2.24) is 20.0 Å². The van der Waals surface area contributed by atoms with Crippen LogP contribution >= 0.6 is 0 Å². The highest BCUT2D eigenvalue weighted by molar-refractivity contribution is 6.06. The topological polar surface area (TPSA) is 60.7 Å². The molecule has 0 amide bonds. The molecule has 0 radical (unpaired) electrons. The zero-order chi connectivity index (χ0) is 11.4. The van der Waals surface area contributed by atoms with E-state index < -0.39 is 0 Å². The van der Waals surface area contributed by atoms with Gasteiger partial charge in [-0.3, -0.25) is 9.78 Å². The van der Waals surface area contributed by atoms with Crippen LogP contribution < -0.4 is 0 Å². The van der Waals surface area contributed by atoms with Crippen molar-refractivity contribution in [2.24, 2.45) is 0 Å². The minimum absolute atomic E-state index is 0.140. The van der Waals surface area contributed by atoms with Crippen molar-refractivity contribution in [2.75, 3.05) is 0 Å². The summed E-state index contributed by atoms with van der Waals surface area (Å²) in [5.41, 5.74) is 0.905.